The quantitative estimate of drug-likeness (QED) is 0.670. The van der Waals surface area contributed by atoms with Crippen LogP contribution in [0.3, 0.4) is 0 Å². The minimum absolute atomic E-state index is 0.0203. The lowest BCUT2D eigenvalue weighted by Gasteiger charge is -1.96. The second-order valence-corrected chi connectivity index (χ2v) is 2.27. The normalized spacial score (nSPS) is 9.64. The third-order valence-electron chi connectivity index (χ3n) is 1.42. The fourth-order valence-electron chi connectivity index (χ4n) is 0.726. The third kappa shape index (κ3) is 1.55. The average Bonchev–Trinajstić information content (AvgIpc) is 1.94. The van der Waals surface area contributed by atoms with Crippen LogP contribution in [-0.4, -0.2) is 11.1 Å². The Hall–Kier alpha value is -1.38. The largest absolute Gasteiger partial charge is 0.478 e. The summed E-state index contributed by atoms with van der Waals surface area (Å²) in [6.07, 6.45) is 0. The summed E-state index contributed by atoms with van der Waals surface area (Å²) in [5.41, 5.74) is 0.433. The summed E-state index contributed by atoms with van der Waals surface area (Å²) in [7, 11) is 0. The molecule has 0 bridgehead atoms. The highest BCUT2D eigenvalue weighted by Crippen LogP contribution is 2.08. The van der Waals surface area contributed by atoms with E-state index in [2.05, 4.69) is 0 Å². The van der Waals surface area contributed by atoms with E-state index >= 15 is 0 Å². The number of carboxylic acid groups (broad SMARTS) is 1. The van der Waals surface area contributed by atoms with Crippen LogP contribution in [0.25, 0.3) is 0 Å². The van der Waals surface area contributed by atoms with Gasteiger partial charge in [0, 0.05) is 0 Å². The fraction of sp³-hybridized carbons (Fsp3) is 0.125. The van der Waals surface area contributed by atoms with Crippen molar-refractivity contribution in [3.63, 3.8) is 0 Å². The molecule has 1 aromatic carbocycles. The Bertz CT molecular complexity index is 294. The van der Waals surface area contributed by atoms with E-state index in [1.54, 1.807) is 6.92 Å². The number of benzene rings is 1. The van der Waals surface area contributed by atoms with E-state index in [0.717, 1.165) is 6.07 Å². The molecule has 58 valence electrons. The van der Waals surface area contributed by atoms with Gasteiger partial charge in [0.15, 0.2) is 0 Å². The summed E-state index contributed by atoms with van der Waals surface area (Å²) < 4.78 is 12.7. The molecule has 0 saturated carbocycles. The molecule has 1 N–H and O–H groups in total. The van der Waals surface area contributed by atoms with Gasteiger partial charge in [-0.3, -0.25) is 0 Å². The molecular formula is C8H7FO2. The van der Waals surface area contributed by atoms with E-state index in [9.17, 15) is 9.18 Å². The lowest BCUT2D eigenvalue weighted by Crippen LogP contribution is -1.97. The first-order valence-corrected chi connectivity index (χ1v) is 3.10. The van der Waals surface area contributed by atoms with Crippen LogP contribution in [0, 0.1) is 12.7 Å². The maximum atomic E-state index is 12.7. The van der Waals surface area contributed by atoms with E-state index in [1.807, 2.05) is 0 Å². The van der Waals surface area contributed by atoms with Crippen molar-refractivity contribution in [1.29, 1.82) is 0 Å². The zero-order valence-electron chi connectivity index (χ0n) is 5.97. The van der Waals surface area contributed by atoms with Crippen LogP contribution in [0.4, 0.5) is 4.39 Å². The molecule has 0 aliphatic rings. The Morgan fingerprint density at radius 2 is 2.18 bits per heavy atom. The Labute approximate surface area is 63.3 Å². The van der Waals surface area contributed by atoms with Crippen molar-refractivity contribution in [2.45, 2.75) is 6.92 Å². The fourth-order valence-corrected chi connectivity index (χ4v) is 0.726. The Morgan fingerprint density at radius 3 is 2.64 bits per heavy atom. The van der Waals surface area contributed by atoms with Gasteiger partial charge in [-0.15, -0.1) is 0 Å². The van der Waals surface area contributed by atoms with Crippen molar-refractivity contribution < 1.29 is 14.3 Å². The van der Waals surface area contributed by atoms with Gasteiger partial charge in [-0.1, -0.05) is 6.07 Å². The zero-order valence-corrected chi connectivity index (χ0v) is 5.97. The zero-order chi connectivity index (χ0) is 8.43. The first kappa shape index (κ1) is 7.72. The Morgan fingerprint density at radius 1 is 1.55 bits per heavy atom. The van der Waals surface area contributed by atoms with Gasteiger partial charge < -0.3 is 5.11 Å². The first-order valence-electron chi connectivity index (χ1n) is 3.10. The van der Waals surface area contributed by atoms with E-state index in [-0.39, 0.29) is 5.56 Å². The third-order valence-corrected chi connectivity index (χ3v) is 1.42. The summed E-state index contributed by atoms with van der Waals surface area (Å²) in [5, 5.41) is 8.43. The van der Waals surface area contributed by atoms with Gasteiger partial charge >= 0.3 is 5.97 Å². The van der Waals surface area contributed by atoms with Crippen LogP contribution < -0.4 is 0 Å². The van der Waals surface area contributed by atoms with E-state index in [4.69, 9.17) is 5.11 Å². The molecule has 0 spiro atoms. The van der Waals surface area contributed by atoms with E-state index in [0.29, 0.717) is 5.56 Å². The second-order valence-electron chi connectivity index (χ2n) is 2.27. The number of carbonyl (C=O) groups is 1. The molecule has 0 fully saturated rings. The molecule has 0 radical (unpaired) electrons. The number of carboxylic acids is 1. The summed E-state index contributed by atoms with van der Waals surface area (Å²) >= 11 is 0. The molecule has 11 heavy (non-hydrogen) atoms. The number of aromatic carboxylic acids is 1. The topological polar surface area (TPSA) is 37.3 Å². The Balaban J connectivity index is 3.15. The predicted molar refractivity (Wildman–Crippen MR) is 38.1 cm³/mol. The number of rotatable bonds is 1. The van der Waals surface area contributed by atoms with Crippen molar-refractivity contribution in [1.82, 2.24) is 0 Å². The van der Waals surface area contributed by atoms with Crippen molar-refractivity contribution in [3.8, 4) is 0 Å². The van der Waals surface area contributed by atoms with E-state index in [1.165, 1.54) is 12.1 Å². The van der Waals surface area contributed by atoms with Gasteiger partial charge in [0.25, 0.3) is 0 Å². The van der Waals surface area contributed by atoms with Crippen molar-refractivity contribution in [2.75, 3.05) is 0 Å². The standard InChI is InChI=1S/C8H7FO2/c1-5-2-3-6(8(10)11)4-7(5)9/h2-4H,1H3,(H,10,11). The van der Waals surface area contributed by atoms with Gasteiger partial charge in [0.2, 0.25) is 0 Å². The number of halogens is 1. The molecule has 1 rings (SSSR count). The predicted octanol–water partition coefficient (Wildman–Crippen LogP) is 1.83. The molecule has 0 amide bonds. The van der Waals surface area contributed by atoms with Crippen LogP contribution in [0.2, 0.25) is 0 Å². The SMILES string of the molecule is Cc1ccc(C(=O)O)cc1F. The summed E-state index contributed by atoms with van der Waals surface area (Å²) in [6, 6.07) is 3.83. The number of hydrogen-bond acceptors (Lipinski definition) is 1. The van der Waals surface area contributed by atoms with Gasteiger partial charge in [-0.25, -0.2) is 9.18 Å². The van der Waals surface area contributed by atoms with Gasteiger partial charge in [-0.2, -0.15) is 0 Å². The van der Waals surface area contributed by atoms with Gasteiger partial charge in [0.05, 0.1) is 5.56 Å². The van der Waals surface area contributed by atoms with Gasteiger partial charge in [-0.05, 0) is 24.6 Å². The maximum absolute atomic E-state index is 12.7. The highest BCUT2D eigenvalue weighted by atomic mass is 19.1. The smallest absolute Gasteiger partial charge is 0.335 e. The van der Waals surface area contributed by atoms with Crippen molar-refractivity contribution in [2.24, 2.45) is 0 Å². The molecule has 0 saturated heterocycles. The number of hydrogen-bond donors (Lipinski definition) is 1. The monoisotopic (exact) mass is 154 g/mol. The summed E-state index contributed by atoms with van der Waals surface area (Å²) in [4.78, 5) is 10.3. The molecule has 3 heteroatoms. The van der Waals surface area contributed by atoms with Crippen LogP contribution in [0.5, 0.6) is 0 Å². The lowest BCUT2D eigenvalue weighted by molar-refractivity contribution is 0.0696. The molecule has 0 aliphatic carbocycles. The molecule has 0 unspecified atom stereocenters. The molecule has 2 nitrogen and oxygen atoms in total. The van der Waals surface area contributed by atoms with Crippen LogP contribution in [-0.2, 0) is 0 Å². The number of aryl methyl sites for hydroxylation is 1. The molecule has 0 aromatic heterocycles. The summed E-state index contributed by atoms with van der Waals surface area (Å²) in [5.74, 6) is -1.59. The van der Waals surface area contributed by atoms with Gasteiger partial charge in [0.1, 0.15) is 5.82 Å². The minimum Gasteiger partial charge on any atom is -0.478 e. The first-order chi connectivity index (χ1) is 5.11. The Kier molecular flexibility index (Phi) is 1.89. The average molecular weight is 154 g/mol. The molecular weight excluding hydrogens is 147 g/mol. The molecule has 1 aromatic rings. The van der Waals surface area contributed by atoms with Crippen molar-refractivity contribution >= 4 is 5.97 Å². The van der Waals surface area contributed by atoms with E-state index < -0.39 is 11.8 Å². The second kappa shape index (κ2) is 2.70. The highest BCUT2D eigenvalue weighted by molar-refractivity contribution is 5.87. The van der Waals surface area contributed by atoms with Crippen LogP contribution in [0.15, 0.2) is 18.2 Å². The molecule has 0 aliphatic heterocycles. The van der Waals surface area contributed by atoms with Crippen LogP contribution in [0.1, 0.15) is 15.9 Å². The van der Waals surface area contributed by atoms with Crippen LogP contribution >= 0.6 is 0 Å². The summed E-state index contributed by atoms with van der Waals surface area (Å²) in [6.45, 7) is 1.58. The van der Waals surface area contributed by atoms with Crippen molar-refractivity contribution in [3.05, 3.63) is 35.1 Å². The molecule has 0 atom stereocenters. The molecule has 0 heterocycles. The lowest BCUT2D eigenvalue weighted by atomic mass is 10.1. The minimum atomic E-state index is -1.11. The highest BCUT2D eigenvalue weighted by Gasteiger charge is 2.04. The maximum Gasteiger partial charge on any atom is 0.335 e.